The van der Waals surface area contributed by atoms with Crippen molar-refractivity contribution >= 4 is 6.29 Å². The lowest BCUT2D eigenvalue weighted by atomic mass is 10.1. The quantitative estimate of drug-likeness (QED) is 0.409. The van der Waals surface area contributed by atoms with Crippen molar-refractivity contribution in [3.05, 3.63) is 60.2 Å². The molecule has 0 aliphatic rings. The van der Waals surface area contributed by atoms with Crippen molar-refractivity contribution in [2.24, 2.45) is 0 Å². The van der Waals surface area contributed by atoms with Crippen LogP contribution in [0.25, 0.3) is 22.6 Å². The molecule has 0 radical (unpaired) electrons. The second kappa shape index (κ2) is 8.29. The number of rotatable bonds is 8. The second-order valence-electron chi connectivity index (χ2n) is 5.90. The van der Waals surface area contributed by atoms with Crippen LogP contribution in [0.3, 0.4) is 0 Å². The monoisotopic (exact) mass is 335 g/mol. The van der Waals surface area contributed by atoms with Crippen molar-refractivity contribution in [3.63, 3.8) is 0 Å². The average Bonchev–Trinajstić information content (AvgIpc) is 3.16. The average molecular weight is 335 g/mol. The first-order valence-electron chi connectivity index (χ1n) is 8.55. The number of ether oxygens (including phenoxy) is 1. The first-order chi connectivity index (χ1) is 12.3. The van der Waals surface area contributed by atoms with E-state index in [9.17, 15) is 4.79 Å². The van der Waals surface area contributed by atoms with Crippen LogP contribution in [0.4, 0.5) is 0 Å². The topological polar surface area (TPSA) is 52.3 Å². The molecule has 0 unspecified atom stereocenters. The molecule has 1 aromatic heterocycles. The number of hydrogen-bond donors (Lipinski definition) is 0. The molecule has 4 heteroatoms. The molecule has 4 nitrogen and oxygen atoms in total. The molecule has 3 aromatic rings. The van der Waals surface area contributed by atoms with E-state index in [0.717, 1.165) is 41.9 Å². The van der Waals surface area contributed by atoms with Gasteiger partial charge in [-0.2, -0.15) is 0 Å². The minimum absolute atomic E-state index is 0.641. The van der Waals surface area contributed by atoms with Crippen LogP contribution in [0.2, 0.25) is 0 Å². The first kappa shape index (κ1) is 17.0. The molecule has 0 saturated carbocycles. The number of benzene rings is 2. The summed E-state index contributed by atoms with van der Waals surface area (Å²) in [7, 11) is 0. The van der Waals surface area contributed by atoms with Crippen LogP contribution in [0.1, 0.15) is 36.5 Å². The molecular weight excluding hydrogens is 314 g/mol. The zero-order chi connectivity index (χ0) is 17.5. The van der Waals surface area contributed by atoms with Gasteiger partial charge in [0.25, 0.3) is 0 Å². The van der Waals surface area contributed by atoms with Gasteiger partial charge in [-0.05, 0) is 30.7 Å². The lowest BCUT2D eigenvalue weighted by Gasteiger charge is -2.05. The van der Waals surface area contributed by atoms with E-state index in [1.54, 1.807) is 12.1 Å². The Morgan fingerprint density at radius 1 is 1.00 bits per heavy atom. The van der Waals surface area contributed by atoms with Crippen LogP contribution in [-0.2, 0) is 0 Å². The van der Waals surface area contributed by atoms with Crippen molar-refractivity contribution in [2.45, 2.75) is 26.2 Å². The number of aldehydes is 1. The molecular formula is C21H21NO3. The molecule has 0 spiro atoms. The van der Waals surface area contributed by atoms with Crippen LogP contribution in [0.15, 0.2) is 59.1 Å². The summed E-state index contributed by atoms with van der Waals surface area (Å²) in [6.45, 7) is 2.92. The number of nitrogens with zero attached hydrogens (tertiary/aromatic N) is 1. The van der Waals surface area contributed by atoms with E-state index in [-0.39, 0.29) is 0 Å². The van der Waals surface area contributed by atoms with Gasteiger partial charge < -0.3 is 9.26 Å². The first-order valence-corrected chi connectivity index (χ1v) is 8.55. The summed E-state index contributed by atoms with van der Waals surface area (Å²) in [6.07, 6.45) is 4.28. The molecule has 0 bridgehead atoms. The van der Waals surface area contributed by atoms with Crippen LogP contribution < -0.4 is 4.74 Å². The summed E-state index contributed by atoms with van der Waals surface area (Å²) in [4.78, 5) is 10.7. The Morgan fingerprint density at radius 2 is 1.72 bits per heavy atom. The predicted molar refractivity (Wildman–Crippen MR) is 97.8 cm³/mol. The molecule has 1 heterocycles. The molecule has 0 saturated heterocycles. The minimum atomic E-state index is 0.641. The summed E-state index contributed by atoms with van der Waals surface area (Å²) in [6, 6.07) is 17.0. The van der Waals surface area contributed by atoms with Crippen molar-refractivity contribution in [1.29, 1.82) is 0 Å². The highest BCUT2D eigenvalue weighted by atomic mass is 16.5. The third-order valence-corrected chi connectivity index (χ3v) is 4.01. The summed E-state index contributed by atoms with van der Waals surface area (Å²) >= 11 is 0. The maximum atomic E-state index is 10.7. The van der Waals surface area contributed by atoms with Gasteiger partial charge in [-0.25, -0.2) is 0 Å². The van der Waals surface area contributed by atoms with E-state index >= 15 is 0 Å². The van der Waals surface area contributed by atoms with Gasteiger partial charge in [-0.15, -0.1) is 0 Å². The van der Waals surface area contributed by atoms with E-state index in [4.69, 9.17) is 9.26 Å². The molecule has 2 aromatic carbocycles. The standard InChI is InChI=1S/C21H21NO3/c1-2-3-4-13-24-19-11-9-18(10-12-19)21-14-20(22-25-21)17-7-5-16(15-23)6-8-17/h5-12,14-15H,2-4,13H2,1H3. The highest BCUT2D eigenvalue weighted by molar-refractivity contribution is 5.76. The number of carbonyl (C=O) groups excluding carboxylic acids is 1. The third-order valence-electron chi connectivity index (χ3n) is 4.01. The Balaban J connectivity index is 1.68. The fourth-order valence-electron chi connectivity index (χ4n) is 2.54. The zero-order valence-electron chi connectivity index (χ0n) is 14.3. The number of unbranched alkanes of at least 4 members (excludes halogenated alkanes) is 2. The van der Waals surface area contributed by atoms with E-state index in [2.05, 4.69) is 12.1 Å². The number of carbonyl (C=O) groups is 1. The van der Waals surface area contributed by atoms with Gasteiger partial charge in [0.2, 0.25) is 0 Å². The highest BCUT2D eigenvalue weighted by Crippen LogP contribution is 2.27. The molecule has 3 rings (SSSR count). The number of hydrogen-bond acceptors (Lipinski definition) is 4. The van der Waals surface area contributed by atoms with Crippen molar-refractivity contribution < 1.29 is 14.1 Å². The minimum Gasteiger partial charge on any atom is -0.494 e. The maximum Gasteiger partial charge on any atom is 0.167 e. The normalized spacial score (nSPS) is 10.6. The third kappa shape index (κ3) is 4.35. The second-order valence-corrected chi connectivity index (χ2v) is 5.90. The van der Waals surface area contributed by atoms with Crippen LogP contribution in [0, 0.1) is 0 Å². The fraction of sp³-hybridized carbons (Fsp3) is 0.238. The summed E-state index contributed by atoms with van der Waals surface area (Å²) in [5, 5.41) is 4.12. The van der Waals surface area contributed by atoms with E-state index < -0.39 is 0 Å². The van der Waals surface area contributed by atoms with E-state index in [1.165, 1.54) is 12.8 Å². The van der Waals surface area contributed by atoms with Gasteiger partial charge in [-0.3, -0.25) is 4.79 Å². The zero-order valence-corrected chi connectivity index (χ0v) is 14.3. The van der Waals surface area contributed by atoms with Gasteiger partial charge >= 0.3 is 0 Å². The molecule has 0 aliphatic heterocycles. The van der Waals surface area contributed by atoms with Gasteiger partial charge in [0.15, 0.2) is 5.76 Å². The van der Waals surface area contributed by atoms with E-state index in [0.29, 0.717) is 11.3 Å². The highest BCUT2D eigenvalue weighted by Gasteiger charge is 2.09. The van der Waals surface area contributed by atoms with Gasteiger partial charge in [0, 0.05) is 22.8 Å². The Labute approximate surface area is 147 Å². The molecule has 128 valence electrons. The predicted octanol–water partition coefficient (Wildman–Crippen LogP) is 5.39. The van der Waals surface area contributed by atoms with Gasteiger partial charge in [0.05, 0.1) is 6.61 Å². The summed E-state index contributed by atoms with van der Waals surface area (Å²) in [5.74, 6) is 1.57. The van der Waals surface area contributed by atoms with Crippen LogP contribution >= 0.6 is 0 Å². The maximum absolute atomic E-state index is 10.7. The largest absolute Gasteiger partial charge is 0.494 e. The Morgan fingerprint density at radius 3 is 2.40 bits per heavy atom. The Hall–Kier alpha value is -2.88. The van der Waals surface area contributed by atoms with E-state index in [1.807, 2.05) is 42.5 Å². The summed E-state index contributed by atoms with van der Waals surface area (Å²) < 4.78 is 11.2. The SMILES string of the molecule is CCCCCOc1ccc(-c2cc(-c3ccc(C=O)cc3)no2)cc1. The molecule has 25 heavy (non-hydrogen) atoms. The van der Waals surface area contributed by atoms with Gasteiger partial charge in [-0.1, -0.05) is 49.2 Å². The molecule has 0 amide bonds. The van der Waals surface area contributed by atoms with Crippen LogP contribution in [-0.4, -0.2) is 18.0 Å². The van der Waals surface area contributed by atoms with Gasteiger partial charge in [0.1, 0.15) is 17.7 Å². The lowest BCUT2D eigenvalue weighted by Crippen LogP contribution is -1.96. The Bertz CT molecular complexity index is 804. The molecule has 0 N–H and O–H groups in total. The molecule has 0 atom stereocenters. The fourth-order valence-corrected chi connectivity index (χ4v) is 2.54. The lowest BCUT2D eigenvalue weighted by molar-refractivity contribution is 0.112. The Kier molecular flexibility index (Phi) is 5.62. The van der Waals surface area contributed by atoms with Crippen molar-refractivity contribution in [2.75, 3.05) is 6.61 Å². The summed E-state index contributed by atoms with van der Waals surface area (Å²) in [5.41, 5.74) is 3.25. The van der Waals surface area contributed by atoms with Crippen molar-refractivity contribution in [3.8, 4) is 28.3 Å². The van der Waals surface area contributed by atoms with Crippen molar-refractivity contribution in [1.82, 2.24) is 5.16 Å². The number of aromatic nitrogens is 1. The smallest absolute Gasteiger partial charge is 0.167 e. The van der Waals surface area contributed by atoms with Crippen LogP contribution in [0.5, 0.6) is 5.75 Å². The molecule has 0 fully saturated rings. The molecule has 0 aliphatic carbocycles.